The lowest BCUT2D eigenvalue weighted by Gasteiger charge is -2.11. The molecule has 1 aromatic rings. The van der Waals surface area contributed by atoms with Gasteiger partial charge in [0.1, 0.15) is 12.4 Å². The van der Waals surface area contributed by atoms with Gasteiger partial charge in [-0.3, -0.25) is 0 Å². The van der Waals surface area contributed by atoms with Crippen LogP contribution in [0, 0.1) is 13.8 Å². The molecule has 17 heavy (non-hydrogen) atoms. The smallest absolute Gasteiger partial charge is 0.401 e. The van der Waals surface area contributed by atoms with E-state index in [9.17, 15) is 13.2 Å². The Labute approximate surface area is 98.8 Å². The van der Waals surface area contributed by atoms with E-state index < -0.39 is 12.7 Å². The Kier molecular flexibility index (Phi) is 4.81. The van der Waals surface area contributed by atoms with E-state index in [1.54, 1.807) is 0 Å². The minimum atomic E-state index is -4.17. The van der Waals surface area contributed by atoms with E-state index in [-0.39, 0.29) is 13.2 Å². The van der Waals surface area contributed by atoms with E-state index in [0.717, 1.165) is 11.1 Å². The third-order valence-corrected chi connectivity index (χ3v) is 2.19. The van der Waals surface area contributed by atoms with Crippen LogP contribution in [-0.4, -0.2) is 25.9 Å². The molecule has 0 aliphatic carbocycles. The number of halogens is 3. The van der Waals surface area contributed by atoms with Crippen LogP contribution in [-0.2, 0) is 0 Å². The van der Waals surface area contributed by atoms with Gasteiger partial charge in [0, 0.05) is 6.54 Å². The molecule has 0 unspecified atom stereocenters. The van der Waals surface area contributed by atoms with Gasteiger partial charge in [0.05, 0.1) is 6.54 Å². The van der Waals surface area contributed by atoms with Crippen LogP contribution in [0.25, 0.3) is 0 Å². The SMILES string of the molecule is Cc1ccc(OCCNCC(F)(F)F)c(C)c1. The summed E-state index contributed by atoms with van der Waals surface area (Å²) in [6.07, 6.45) is -4.17. The highest BCUT2D eigenvalue weighted by Gasteiger charge is 2.25. The molecule has 0 spiro atoms. The van der Waals surface area contributed by atoms with Crippen molar-refractivity contribution in [3.05, 3.63) is 29.3 Å². The van der Waals surface area contributed by atoms with Gasteiger partial charge in [0.25, 0.3) is 0 Å². The second kappa shape index (κ2) is 5.91. The third kappa shape index (κ3) is 5.58. The monoisotopic (exact) mass is 247 g/mol. The standard InChI is InChI=1S/C12H16F3NO/c1-9-3-4-11(10(2)7-9)17-6-5-16-8-12(13,14)15/h3-4,7,16H,5-6,8H2,1-2H3. The molecule has 0 aromatic heterocycles. The summed E-state index contributed by atoms with van der Waals surface area (Å²) in [4.78, 5) is 0. The zero-order valence-corrected chi connectivity index (χ0v) is 9.90. The average molecular weight is 247 g/mol. The average Bonchev–Trinajstić information content (AvgIpc) is 2.18. The van der Waals surface area contributed by atoms with Crippen molar-refractivity contribution in [1.29, 1.82) is 0 Å². The zero-order chi connectivity index (χ0) is 12.9. The van der Waals surface area contributed by atoms with E-state index in [1.165, 1.54) is 0 Å². The molecule has 0 saturated carbocycles. The third-order valence-electron chi connectivity index (χ3n) is 2.19. The second-order valence-corrected chi connectivity index (χ2v) is 3.91. The highest BCUT2D eigenvalue weighted by molar-refractivity contribution is 5.35. The van der Waals surface area contributed by atoms with E-state index in [2.05, 4.69) is 5.32 Å². The van der Waals surface area contributed by atoms with Gasteiger partial charge in [-0.1, -0.05) is 17.7 Å². The van der Waals surface area contributed by atoms with Crippen molar-refractivity contribution in [2.45, 2.75) is 20.0 Å². The molecule has 1 aromatic carbocycles. The van der Waals surface area contributed by atoms with Crippen molar-refractivity contribution in [3.63, 3.8) is 0 Å². The van der Waals surface area contributed by atoms with Crippen molar-refractivity contribution in [2.75, 3.05) is 19.7 Å². The topological polar surface area (TPSA) is 21.3 Å². The molecule has 0 atom stereocenters. The first-order valence-electron chi connectivity index (χ1n) is 5.36. The second-order valence-electron chi connectivity index (χ2n) is 3.91. The summed E-state index contributed by atoms with van der Waals surface area (Å²) in [6, 6.07) is 5.71. The highest BCUT2D eigenvalue weighted by Crippen LogP contribution is 2.18. The Bertz CT molecular complexity index is 363. The summed E-state index contributed by atoms with van der Waals surface area (Å²) in [6.45, 7) is 3.29. The molecule has 0 amide bonds. The van der Waals surface area contributed by atoms with Crippen molar-refractivity contribution < 1.29 is 17.9 Å². The Hall–Kier alpha value is -1.23. The van der Waals surface area contributed by atoms with Crippen LogP contribution >= 0.6 is 0 Å². The molecular formula is C12H16F3NO. The largest absolute Gasteiger partial charge is 0.492 e. The Balaban J connectivity index is 2.27. The van der Waals surface area contributed by atoms with Gasteiger partial charge in [0.15, 0.2) is 0 Å². The normalized spacial score (nSPS) is 11.6. The van der Waals surface area contributed by atoms with E-state index in [0.29, 0.717) is 5.75 Å². The number of alkyl halides is 3. The van der Waals surface area contributed by atoms with Crippen molar-refractivity contribution in [1.82, 2.24) is 5.32 Å². The van der Waals surface area contributed by atoms with Gasteiger partial charge in [-0.25, -0.2) is 0 Å². The first kappa shape index (κ1) is 13.8. The van der Waals surface area contributed by atoms with Gasteiger partial charge >= 0.3 is 6.18 Å². The van der Waals surface area contributed by atoms with Crippen molar-refractivity contribution >= 4 is 0 Å². The van der Waals surface area contributed by atoms with E-state index in [1.807, 2.05) is 32.0 Å². The van der Waals surface area contributed by atoms with Gasteiger partial charge in [0.2, 0.25) is 0 Å². The first-order valence-corrected chi connectivity index (χ1v) is 5.36. The predicted molar refractivity (Wildman–Crippen MR) is 60.3 cm³/mol. The Morgan fingerprint density at radius 2 is 1.94 bits per heavy atom. The molecule has 0 radical (unpaired) electrons. The molecule has 2 nitrogen and oxygen atoms in total. The summed E-state index contributed by atoms with van der Waals surface area (Å²) >= 11 is 0. The fraction of sp³-hybridized carbons (Fsp3) is 0.500. The molecule has 1 rings (SSSR count). The van der Waals surface area contributed by atoms with Crippen LogP contribution < -0.4 is 10.1 Å². The Morgan fingerprint density at radius 3 is 2.53 bits per heavy atom. The van der Waals surface area contributed by atoms with E-state index in [4.69, 9.17) is 4.74 Å². The summed E-state index contributed by atoms with van der Waals surface area (Å²) < 4.78 is 40.8. The molecule has 0 aliphatic rings. The maximum absolute atomic E-state index is 11.8. The highest BCUT2D eigenvalue weighted by atomic mass is 19.4. The van der Waals surface area contributed by atoms with Crippen LogP contribution in [0.1, 0.15) is 11.1 Å². The van der Waals surface area contributed by atoms with Crippen LogP contribution in [0.3, 0.4) is 0 Å². The van der Waals surface area contributed by atoms with Crippen LogP contribution in [0.5, 0.6) is 5.75 Å². The lowest BCUT2D eigenvalue weighted by molar-refractivity contribution is -0.124. The summed E-state index contributed by atoms with van der Waals surface area (Å²) in [5.41, 5.74) is 2.12. The summed E-state index contributed by atoms with van der Waals surface area (Å²) in [7, 11) is 0. The predicted octanol–water partition coefficient (Wildman–Crippen LogP) is 2.83. The number of aryl methyl sites for hydroxylation is 2. The number of hydrogen-bond donors (Lipinski definition) is 1. The van der Waals surface area contributed by atoms with E-state index >= 15 is 0 Å². The summed E-state index contributed by atoms with van der Waals surface area (Å²) in [5.74, 6) is 0.712. The molecule has 0 heterocycles. The minimum Gasteiger partial charge on any atom is -0.492 e. The first-order chi connectivity index (χ1) is 7.88. The van der Waals surface area contributed by atoms with Gasteiger partial charge in [-0.2, -0.15) is 13.2 Å². The molecular weight excluding hydrogens is 231 g/mol. The number of nitrogens with one attached hydrogen (secondary N) is 1. The fourth-order valence-corrected chi connectivity index (χ4v) is 1.42. The van der Waals surface area contributed by atoms with Gasteiger partial charge in [-0.15, -0.1) is 0 Å². The van der Waals surface area contributed by atoms with Gasteiger partial charge < -0.3 is 10.1 Å². The van der Waals surface area contributed by atoms with Crippen LogP contribution in [0.15, 0.2) is 18.2 Å². The molecule has 0 bridgehead atoms. The maximum atomic E-state index is 11.8. The molecule has 96 valence electrons. The van der Waals surface area contributed by atoms with Gasteiger partial charge in [-0.05, 0) is 25.5 Å². The molecule has 0 fully saturated rings. The molecule has 0 saturated heterocycles. The van der Waals surface area contributed by atoms with Crippen molar-refractivity contribution in [3.8, 4) is 5.75 Å². The quantitative estimate of drug-likeness (QED) is 0.808. The molecule has 1 N–H and O–H groups in total. The lowest BCUT2D eigenvalue weighted by atomic mass is 10.1. The number of rotatable bonds is 5. The number of ether oxygens (including phenoxy) is 1. The van der Waals surface area contributed by atoms with Crippen LogP contribution in [0.4, 0.5) is 13.2 Å². The summed E-state index contributed by atoms with van der Waals surface area (Å²) in [5, 5.41) is 2.28. The maximum Gasteiger partial charge on any atom is 0.401 e. The fourth-order valence-electron chi connectivity index (χ4n) is 1.42. The minimum absolute atomic E-state index is 0.173. The number of benzene rings is 1. The Morgan fingerprint density at radius 1 is 1.24 bits per heavy atom. The number of hydrogen-bond acceptors (Lipinski definition) is 2. The molecule has 5 heteroatoms. The lowest BCUT2D eigenvalue weighted by Crippen LogP contribution is -2.31. The van der Waals surface area contributed by atoms with Crippen molar-refractivity contribution in [2.24, 2.45) is 0 Å². The zero-order valence-electron chi connectivity index (χ0n) is 9.90. The molecule has 0 aliphatic heterocycles. The van der Waals surface area contributed by atoms with Crippen LogP contribution in [0.2, 0.25) is 0 Å².